The zero-order chi connectivity index (χ0) is 28.3. The van der Waals surface area contributed by atoms with E-state index in [1.807, 2.05) is 0 Å². The Morgan fingerprint density at radius 1 is 1.08 bits per heavy atom. The number of imidazole rings is 1. The smallest absolute Gasteiger partial charge is 0.352 e. The molecule has 4 aromatic rings. The van der Waals surface area contributed by atoms with Gasteiger partial charge in [-0.3, -0.25) is 0 Å². The van der Waals surface area contributed by atoms with E-state index in [-0.39, 0.29) is 34.5 Å². The quantitative estimate of drug-likeness (QED) is 0.142. The van der Waals surface area contributed by atoms with E-state index in [2.05, 4.69) is 24.8 Å². The van der Waals surface area contributed by atoms with E-state index in [9.17, 15) is 31.4 Å². The minimum Gasteiger partial charge on any atom is -0.383 e. The number of hydrogen-bond donors (Lipinski definition) is 3. The molecule has 14 heteroatoms. The SMILES string of the molecule is C=IC(F)(F)C(F)(F)CCc1nc(-c2nc(N)c3c(n2)N[C@H](O)C3(C)c2ccc(F)cc2)c2ccc(F)cn12. The Balaban J connectivity index is 1.59. The van der Waals surface area contributed by atoms with Gasteiger partial charge in [-0.05, 0) is 57.5 Å². The number of pyridine rings is 1. The second kappa shape index (κ2) is 9.43. The van der Waals surface area contributed by atoms with Gasteiger partial charge in [0.2, 0.25) is 0 Å². The summed E-state index contributed by atoms with van der Waals surface area (Å²) in [5.74, 6) is -5.54. The number of aromatic nitrogens is 4. The summed E-state index contributed by atoms with van der Waals surface area (Å²) in [5, 5.41) is 13.7. The molecule has 0 saturated heterocycles. The Kier molecular flexibility index (Phi) is 6.60. The molecule has 206 valence electrons. The summed E-state index contributed by atoms with van der Waals surface area (Å²) < 4.78 is 83.5. The molecule has 0 saturated carbocycles. The second-order valence-electron chi connectivity index (χ2n) is 9.23. The van der Waals surface area contributed by atoms with Crippen LogP contribution in [0.15, 0.2) is 42.6 Å². The highest BCUT2D eigenvalue weighted by molar-refractivity contribution is 14.2. The van der Waals surface area contributed by atoms with Crippen molar-refractivity contribution in [3.8, 4) is 11.5 Å². The lowest BCUT2D eigenvalue weighted by atomic mass is 9.77. The van der Waals surface area contributed by atoms with Gasteiger partial charge in [0, 0.05) is 19.0 Å². The zero-order valence-corrected chi connectivity index (χ0v) is 22.4. The lowest BCUT2D eigenvalue weighted by Crippen LogP contribution is -2.37. The molecule has 39 heavy (non-hydrogen) atoms. The molecule has 4 N–H and O–H groups in total. The second-order valence-corrected chi connectivity index (χ2v) is 11.3. The molecule has 4 heterocycles. The van der Waals surface area contributed by atoms with Crippen LogP contribution in [0.4, 0.5) is 38.0 Å². The number of nitrogens with two attached hydrogens (primary N) is 1. The van der Waals surface area contributed by atoms with Gasteiger partial charge in [0.1, 0.15) is 41.0 Å². The summed E-state index contributed by atoms with van der Waals surface area (Å²) in [6, 6.07) is 7.93. The third kappa shape index (κ3) is 4.42. The van der Waals surface area contributed by atoms with Gasteiger partial charge in [0.15, 0.2) is 5.82 Å². The molecule has 3 aromatic heterocycles. The van der Waals surface area contributed by atoms with Crippen LogP contribution in [-0.4, -0.2) is 45.1 Å². The minimum absolute atomic E-state index is 0.0405. The number of halogens is 7. The molecule has 5 rings (SSSR count). The number of aliphatic hydroxyl groups excluding tert-OH is 1. The fourth-order valence-corrected chi connectivity index (χ4v) is 5.51. The molecule has 1 aliphatic heterocycles. The van der Waals surface area contributed by atoms with Gasteiger partial charge in [0.25, 0.3) is 0 Å². The van der Waals surface area contributed by atoms with Crippen LogP contribution in [0, 0.1) is 11.6 Å². The Hall–Kier alpha value is -3.27. The van der Waals surface area contributed by atoms with E-state index >= 15 is 0 Å². The third-order valence-electron chi connectivity index (χ3n) is 6.85. The lowest BCUT2D eigenvalue weighted by Gasteiger charge is -2.29. The molecule has 0 amide bonds. The van der Waals surface area contributed by atoms with E-state index in [0.29, 0.717) is 11.1 Å². The molecule has 2 atom stereocenters. The molecule has 7 nitrogen and oxygen atoms in total. The first kappa shape index (κ1) is 27.3. The largest absolute Gasteiger partial charge is 0.383 e. The first-order chi connectivity index (χ1) is 18.3. The first-order valence-corrected chi connectivity index (χ1v) is 14.1. The number of benzene rings is 1. The first-order valence-electron chi connectivity index (χ1n) is 11.5. The van der Waals surface area contributed by atoms with Crippen LogP contribution in [0.3, 0.4) is 0 Å². The standard InChI is InChI=1S/C25H21F6IN6O/c1-23(12-3-5-13(26)6-4-12)17-19(33)35-21(36-20(17)37-22(23)39)18-15-8-7-14(27)11-38(15)16(34-18)9-10-24(28,29)25(30,31)32-2/h3-8,11,22,39H,2,9-10H2,1H3,(H3,33,35,36,37)/t22-,23?/m1/s1. The summed E-state index contributed by atoms with van der Waals surface area (Å²) in [4.78, 5) is 13.1. The van der Waals surface area contributed by atoms with Crippen molar-refractivity contribution in [2.45, 2.75) is 41.3 Å². The fourth-order valence-electron chi connectivity index (χ4n) is 4.68. The molecule has 0 radical (unpaired) electrons. The summed E-state index contributed by atoms with van der Waals surface area (Å²) in [6.45, 7) is 1.68. The summed E-state index contributed by atoms with van der Waals surface area (Å²) >= 11 is -2.32. The number of nitrogens with zero attached hydrogens (tertiary/aromatic N) is 4. The maximum Gasteiger partial charge on any atom is 0.352 e. The number of aryl methyl sites for hydroxylation is 1. The number of anilines is 2. The molecule has 0 fully saturated rings. The van der Waals surface area contributed by atoms with Gasteiger partial charge in [-0.1, -0.05) is 16.6 Å². The lowest BCUT2D eigenvalue weighted by molar-refractivity contribution is -0.144. The van der Waals surface area contributed by atoms with Crippen LogP contribution in [0.1, 0.15) is 30.3 Å². The Morgan fingerprint density at radius 2 is 1.74 bits per heavy atom. The molecule has 1 aromatic carbocycles. The van der Waals surface area contributed by atoms with Crippen molar-refractivity contribution in [3.05, 3.63) is 71.2 Å². The predicted molar refractivity (Wildman–Crippen MR) is 142 cm³/mol. The highest BCUT2D eigenvalue weighted by Crippen LogP contribution is 2.48. The van der Waals surface area contributed by atoms with Gasteiger partial charge in [0.05, 0.1) is 16.5 Å². The van der Waals surface area contributed by atoms with Crippen molar-refractivity contribution in [2.24, 2.45) is 0 Å². The molecule has 1 unspecified atom stereocenters. The van der Waals surface area contributed by atoms with Gasteiger partial charge >= 0.3 is 9.85 Å². The molecular formula is C25H21F6IN6O. The minimum atomic E-state index is -4.32. The van der Waals surface area contributed by atoms with Crippen LogP contribution in [-0.2, 0) is 11.8 Å². The van der Waals surface area contributed by atoms with E-state index in [1.54, 1.807) is 6.92 Å². The number of fused-ring (bicyclic) bond motifs is 2. The van der Waals surface area contributed by atoms with Crippen LogP contribution in [0.2, 0.25) is 0 Å². The van der Waals surface area contributed by atoms with Gasteiger partial charge in [-0.2, -0.15) is 17.6 Å². The van der Waals surface area contributed by atoms with Crippen LogP contribution < -0.4 is 11.1 Å². The topological polar surface area (TPSA) is 101 Å². The van der Waals surface area contributed by atoms with Crippen molar-refractivity contribution in [2.75, 3.05) is 11.1 Å². The Morgan fingerprint density at radius 3 is 2.41 bits per heavy atom. The normalized spacial score (nSPS) is 19.3. The Labute approximate surface area is 227 Å². The molecule has 1 aliphatic rings. The van der Waals surface area contributed by atoms with Crippen LogP contribution >= 0.6 is 20.7 Å². The number of aliphatic hydroxyl groups is 1. The summed E-state index contributed by atoms with van der Waals surface area (Å²) in [5.41, 5.74) is 6.32. The molecule has 0 bridgehead atoms. The number of rotatable bonds is 7. The fraction of sp³-hybridized carbons (Fsp3) is 0.280. The van der Waals surface area contributed by atoms with Crippen LogP contribution in [0.25, 0.3) is 17.0 Å². The average molecular weight is 662 g/mol. The van der Waals surface area contributed by atoms with Crippen molar-refractivity contribution < 1.29 is 31.4 Å². The predicted octanol–water partition coefficient (Wildman–Crippen LogP) is 5.27. The average Bonchev–Trinajstić information content (AvgIpc) is 3.37. The van der Waals surface area contributed by atoms with Crippen molar-refractivity contribution in [1.29, 1.82) is 0 Å². The zero-order valence-electron chi connectivity index (χ0n) is 20.2. The van der Waals surface area contributed by atoms with Crippen molar-refractivity contribution in [3.63, 3.8) is 0 Å². The number of nitrogen functional groups attached to an aromatic ring is 1. The summed E-state index contributed by atoms with van der Waals surface area (Å²) in [7, 11) is 0. The highest BCUT2D eigenvalue weighted by atomic mass is 127. The van der Waals surface area contributed by atoms with Gasteiger partial charge in [-0.15, -0.1) is 0 Å². The van der Waals surface area contributed by atoms with E-state index in [4.69, 9.17) is 5.73 Å². The van der Waals surface area contributed by atoms with Gasteiger partial charge < -0.3 is 20.6 Å². The summed E-state index contributed by atoms with van der Waals surface area (Å²) in [6.07, 6.45) is -2.05. The van der Waals surface area contributed by atoms with Gasteiger partial charge in [-0.25, -0.2) is 23.7 Å². The highest BCUT2D eigenvalue weighted by Gasteiger charge is 2.54. The molecular weight excluding hydrogens is 641 g/mol. The van der Waals surface area contributed by atoms with Crippen molar-refractivity contribution >= 4 is 42.4 Å². The molecule has 0 aliphatic carbocycles. The van der Waals surface area contributed by atoms with Crippen LogP contribution in [0.5, 0.6) is 0 Å². The maximum atomic E-state index is 14.2. The van der Waals surface area contributed by atoms with E-state index < -0.39 is 66.7 Å². The molecule has 0 spiro atoms. The maximum absolute atomic E-state index is 14.2. The number of alkyl halides is 5. The monoisotopic (exact) mass is 662 g/mol. The number of hydrogen-bond acceptors (Lipinski definition) is 6. The van der Waals surface area contributed by atoms with E-state index in [1.165, 1.54) is 34.7 Å². The third-order valence-corrected chi connectivity index (χ3v) is 8.60. The number of nitrogens with one attached hydrogen (secondary N) is 1. The Bertz CT molecular complexity index is 1590. The van der Waals surface area contributed by atoms with E-state index in [0.717, 1.165) is 12.3 Å². The van der Waals surface area contributed by atoms with Crippen molar-refractivity contribution in [1.82, 2.24) is 19.4 Å².